The molecule has 3 rings (SSSR count). The third-order valence-corrected chi connectivity index (χ3v) is 3.91. The van der Waals surface area contributed by atoms with Crippen molar-refractivity contribution in [1.29, 1.82) is 0 Å². The molecule has 1 aromatic heterocycles. The number of methoxy groups -OCH3 is 1. The van der Waals surface area contributed by atoms with Crippen LogP contribution in [0.2, 0.25) is 0 Å². The minimum Gasteiger partial charge on any atom is -0.497 e. The smallest absolute Gasteiger partial charge is 0.343 e. The molecular formula is C20H19FO4. The quantitative estimate of drug-likeness (QED) is 0.607. The molecule has 3 aromatic rings. The second kappa shape index (κ2) is 7.94. The summed E-state index contributed by atoms with van der Waals surface area (Å²) in [5.41, 5.74) is 0.561. The first-order chi connectivity index (χ1) is 12.2. The van der Waals surface area contributed by atoms with Crippen LogP contribution in [0.1, 0.15) is 17.7 Å². The first kappa shape index (κ1) is 17.2. The molecule has 0 radical (unpaired) electrons. The van der Waals surface area contributed by atoms with Gasteiger partial charge in [-0.1, -0.05) is 18.2 Å². The van der Waals surface area contributed by atoms with Crippen molar-refractivity contribution in [2.75, 3.05) is 13.7 Å². The predicted molar refractivity (Wildman–Crippen MR) is 93.4 cm³/mol. The molecule has 0 saturated carbocycles. The molecule has 0 N–H and O–H groups in total. The van der Waals surface area contributed by atoms with E-state index in [1.165, 1.54) is 12.1 Å². The molecule has 0 atom stereocenters. The van der Waals surface area contributed by atoms with Gasteiger partial charge in [0, 0.05) is 13.0 Å². The molecule has 4 nitrogen and oxygen atoms in total. The average Bonchev–Trinajstić information content (AvgIpc) is 2.63. The van der Waals surface area contributed by atoms with E-state index in [2.05, 4.69) is 0 Å². The van der Waals surface area contributed by atoms with Crippen LogP contribution < -0.4 is 10.4 Å². The highest BCUT2D eigenvalue weighted by molar-refractivity contribution is 5.82. The van der Waals surface area contributed by atoms with E-state index in [-0.39, 0.29) is 11.4 Å². The Morgan fingerprint density at radius 1 is 1.08 bits per heavy atom. The van der Waals surface area contributed by atoms with Crippen LogP contribution in [0.15, 0.2) is 57.7 Å². The van der Waals surface area contributed by atoms with Crippen molar-refractivity contribution < 1.29 is 18.3 Å². The Kier molecular flexibility index (Phi) is 5.46. The summed E-state index contributed by atoms with van der Waals surface area (Å²) in [5, 5.41) is 1.34. The minimum absolute atomic E-state index is 0.257. The van der Waals surface area contributed by atoms with Crippen molar-refractivity contribution in [3.8, 4) is 5.75 Å². The number of rotatable bonds is 7. The molecule has 0 aliphatic carbocycles. The van der Waals surface area contributed by atoms with Gasteiger partial charge in [-0.3, -0.25) is 0 Å². The summed E-state index contributed by atoms with van der Waals surface area (Å²) < 4.78 is 28.9. The molecule has 2 aromatic carbocycles. The predicted octanol–water partition coefficient (Wildman–Crippen LogP) is 4.09. The third-order valence-electron chi connectivity index (χ3n) is 3.91. The first-order valence-electron chi connectivity index (χ1n) is 8.08. The van der Waals surface area contributed by atoms with Crippen molar-refractivity contribution in [1.82, 2.24) is 0 Å². The molecule has 5 heteroatoms. The minimum atomic E-state index is -0.362. The van der Waals surface area contributed by atoms with Crippen LogP contribution in [-0.4, -0.2) is 13.7 Å². The monoisotopic (exact) mass is 342 g/mol. The lowest BCUT2D eigenvalue weighted by molar-refractivity contribution is 0.117. The Hall–Kier alpha value is -2.66. The Labute approximate surface area is 144 Å². The van der Waals surface area contributed by atoms with E-state index in [0.29, 0.717) is 36.5 Å². The molecule has 0 fully saturated rings. The van der Waals surface area contributed by atoms with Crippen molar-refractivity contribution in [2.45, 2.75) is 19.4 Å². The molecule has 25 heavy (non-hydrogen) atoms. The van der Waals surface area contributed by atoms with Gasteiger partial charge < -0.3 is 13.9 Å². The number of hydrogen-bond acceptors (Lipinski definition) is 4. The number of hydrogen-bond donors (Lipinski definition) is 0. The summed E-state index contributed by atoms with van der Waals surface area (Å²) in [4.78, 5) is 12.1. The van der Waals surface area contributed by atoms with Crippen LogP contribution in [0.3, 0.4) is 0 Å². The van der Waals surface area contributed by atoms with Crippen molar-refractivity contribution in [3.05, 3.63) is 76.1 Å². The van der Waals surface area contributed by atoms with Crippen LogP contribution in [0, 0.1) is 5.82 Å². The number of halogens is 1. The molecule has 0 amide bonds. The first-order valence-corrected chi connectivity index (χ1v) is 8.08. The maximum atomic E-state index is 12.8. The fraction of sp³-hybridized carbons (Fsp3) is 0.250. The summed E-state index contributed by atoms with van der Waals surface area (Å²) in [6.07, 6.45) is 1.34. The van der Waals surface area contributed by atoms with E-state index in [9.17, 15) is 9.18 Å². The van der Waals surface area contributed by atoms with Crippen LogP contribution in [-0.2, 0) is 17.8 Å². The highest BCUT2D eigenvalue weighted by Crippen LogP contribution is 2.19. The molecule has 130 valence electrons. The summed E-state index contributed by atoms with van der Waals surface area (Å²) >= 11 is 0. The van der Waals surface area contributed by atoms with Gasteiger partial charge in [0.1, 0.15) is 17.3 Å². The Bertz CT molecular complexity index is 900. The van der Waals surface area contributed by atoms with E-state index in [0.717, 1.165) is 17.4 Å². The maximum Gasteiger partial charge on any atom is 0.343 e. The molecule has 0 saturated heterocycles. The van der Waals surface area contributed by atoms with E-state index < -0.39 is 0 Å². The number of fused-ring (bicyclic) bond motifs is 1. The van der Waals surface area contributed by atoms with Gasteiger partial charge in [0.05, 0.1) is 19.1 Å². The Morgan fingerprint density at radius 3 is 2.64 bits per heavy atom. The molecule has 0 aliphatic rings. The van der Waals surface area contributed by atoms with Crippen LogP contribution >= 0.6 is 0 Å². The lowest BCUT2D eigenvalue weighted by atomic mass is 10.1. The van der Waals surface area contributed by atoms with E-state index in [4.69, 9.17) is 13.9 Å². The standard InChI is InChI=1S/C20H19FO4/c1-23-17-9-6-15-11-18(25-20(22)19(15)12-17)3-2-10-24-13-14-4-7-16(21)8-5-14/h4-9,11-12H,2-3,10,13H2,1H3. The van der Waals surface area contributed by atoms with E-state index >= 15 is 0 Å². The number of ether oxygens (including phenoxy) is 2. The molecular weight excluding hydrogens is 323 g/mol. The summed E-state index contributed by atoms with van der Waals surface area (Å²) in [6.45, 7) is 0.962. The molecule has 0 spiro atoms. The fourth-order valence-corrected chi connectivity index (χ4v) is 2.58. The van der Waals surface area contributed by atoms with Gasteiger partial charge in [-0.2, -0.15) is 0 Å². The van der Waals surface area contributed by atoms with Crippen molar-refractivity contribution in [2.24, 2.45) is 0 Å². The molecule has 0 bridgehead atoms. The molecule has 0 aliphatic heterocycles. The van der Waals surface area contributed by atoms with Gasteiger partial charge in [-0.25, -0.2) is 9.18 Å². The van der Waals surface area contributed by atoms with Gasteiger partial charge in [0.15, 0.2) is 0 Å². The van der Waals surface area contributed by atoms with Gasteiger partial charge >= 0.3 is 5.63 Å². The van der Waals surface area contributed by atoms with Crippen molar-refractivity contribution >= 4 is 10.8 Å². The third kappa shape index (κ3) is 4.45. The zero-order chi connectivity index (χ0) is 17.6. The maximum absolute atomic E-state index is 12.8. The second-order valence-corrected chi connectivity index (χ2v) is 5.74. The number of aryl methyl sites for hydroxylation is 1. The van der Waals surface area contributed by atoms with Gasteiger partial charge in [-0.15, -0.1) is 0 Å². The summed E-state index contributed by atoms with van der Waals surface area (Å²) in [7, 11) is 1.56. The Morgan fingerprint density at radius 2 is 1.88 bits per heavy atom. The second-order valence-electron chi connectivity index (χ2n) is 5.74. The average molecular weight is 342 g/mol. The Balaban J connectivity index is 1.54. The normalized spacial score (nSPS) is 11.0. The largest absolute Gasteiger partial charge is 0.497 e. The lowest BCUT2D eigenvalue weighted by Crippen LogP contribution is -2.04. The highest BCUT2D eigenvalue weighted by Gasteiger charge is 2.06. The lowest BCUT2D eigenvalue weighted by Gasteiger charge is -2.06. The summed E-state index contributed by atoms with van der Waals surface area (Å²) in [6, 6.07) is 13.4. The van der Waals surface area contributed by atoms with Crippen molar-refractivity contribution in [3.63, 3.8) is 0 Å². The zero-order valence-corrected chi connectivity index (χ0v) is 14.0. The zero-order valence-electron chi connectivity index (χ0n) is 14.0. The fourth-order valence-electron chi connectivity index (χ4n) is 2.58. The van der Waals surface area contributed by atoms with Crippen LogP contribution in [0.4, 0.5) is 4.39 Å². The van der Waals surface area contributed by atoms with Gasteiger partial charge in [0.25, 0.3) is 0 Å². The van der Waals surface area contributed by atoms with Crippen LogP contribution in [0.5, 0.6) is 5.75 Å². The molecule has 1 heterocycles. The SMILES string of the molecule is COc1ccc2cc(CCCOCc3ccc(F)cc3)oc(=O)c2c1. The highest BCUT2D eigenvalue weighted by atomic mass is 19.1. The molecule has 0 unspecified atom stereocenters. The van der Waals surface area contributed by atoms with Gasteiger partial charge in [-0.05, 0) is 47.7 Å². The topological polar surface area (TPSA) is 48.7 Å². The van der Waals surface area contributed by atoms with Crippen LogP contribution in [0.25, 0.3) is 10.8 Å². The van der Waals surface area contributed by atoms with E-state index in [1.54, 1.807) is 25.3 Å². The number of benzene rings is 2. The van der Waals surface area contributed by atoms with E-state index in [1.807, 2.05) is 18.2 Å². The van der Waals surface area contributed by atoms with Gasteiger partial charge in [0.2, 0.25) is 0 Å². The summed E-state index contributed by atoms with van der Waals surface area (Å²) in [5.74, 6) is 1.00.